The monoisotopic (exact) mass is 465 g/mol. The molecule has 0 atom stereocenters. The van der Waals surface area contributed by atoms with Gasteiger partial charge >= 0.3 is 0 Å². The van der Waals surface area contributed by atoms with Crippen LogP contribution in [0, 0.1) is 6.92 Å². The van der Waals surface area contributed by atoms with Crippen LogP contribution in [0.3, 0.4) is 0 Å². The van der Waals surface area contributed by atoms with Crippen molar-refractivity contribution in [3.8, 4) is 0 Å². The summed E-state index contributed by atoms with van der Waals surface area (Å²) in [6, 6.07) is 12.2. The molecule has 0 aliphatic heterocycles. The van der Waals surface area contributed by atoms with Crippen LogP contribution >= 0.6 is 51.2 Å². The summed E-state index contributed by atoms with van der Waals surface area (Å²) in [5.41, 5.74) is 8.04. The van der Waals surface area contributed by atoms with Crippen LogP contribution < -0.4 is 11.1 Å². The first-order valence-electron chi connectivity index (χ1n) is 6.01. The van der Waals surface area contributed by atoms with Crippen LogP contribution in [0.15, 0.2) is 45.2 Å². The average Bonchev–Trinajstić information content (AvgIpc) is 2.78. The van der Waals surface area contributed by atoms with Gasteiger partial charge in [0.05, 0.1) is 3.79 Å². The van der Waals surface area contributed by atoms with Gasteiger partial charge in [0.15, 0.2) is 5.96 Å². The molecule has 0 aliphatic rings. The Morgan fingerprint density at radius 1 is 1.25 bits per heavy atom. The first-order valence-corrected chi connectivity index (χ1v) is 7.62. The van der Waals surface area contributed by atoms with Gasteiger partial charge in [0, 0.05) is 23.5 Å². The smallest absolute Gasteiger partial charge is 0.193 e. The number of anilines is 1. The Kier molecular flexibility index (Phi) is 7.53. The molecule has 6 heteroatoms. The van der Waals surface area contributed by atoms with Crippen LogP contribution in [0.4, 0.5) is 5.69 Å². The van der Waals surface area contributed by atoms with Crippen molar-refractivity contribution >= 4 is 62.9 Å². The van der Waals surface area contributed by atoms with Gasteiger partial charge in [-0.15, -0.1) is 35.3 Å². The minimum Gasteiger partial charge on any atom is -0.370 e. The van der Waals surface area contributed by atoms with Crippen molar-refractivity contribution in [1.82, 2.24) is 0 Å². The molecule has 0 spiro atoms. The van der Waals surface area contributed by atoms with Crippen molar-refractivity contribution in [2.75, 3.05) is 11.9 Å². The fraction of sp³-hybridized carbons (Fsp3) is 0.214. The number of nitrogens with two attached hydrogens (primary N) is 1. The lowest BCUT2D eigenvalue weighted by atomic mass is 10.2. The highest BCUT2D eigenvalue weighted by molar-refractivity contribution is 14.0. The van der Waals surface area contributed by atoms with Crippen molar-refractivity contribution in [2.45, 2.75) is 13.3 Å². The second kappa shape index (κ2) is 8.63. The summed E-state index contributed by atoms with van der Waals surface area (Å²) in [4.78, 5) is 5.63. The molecular weight excluding hydrogens is 449 g/mol. The summed E-state index contributed by atoms with van der Waals surface area (Å²) in [6.07, 6.45) is 0.909. The fourth-order valence-corrected chi connectivity index (χ4v) is 3.07. The van der Waals surface area contributed by atoms with E-state index < -0.39 is 0 Å². The van der Waals surface area contributed by atoms with Gasteiger partial charge in [-0.25, -0.2) is 0 Å². The summed E-state index contributed by atoms with van der Waals surface area (Å²) in [5.74, 6) is 0.458. The van der Waals surface area contributed by atoms with E-state index in [1.54, 1.807) is 11.3 Å². The third-order valence-corrected chi connectivity index (χ3v) is 4.28. The van der Waals surface area contributed by atoms with Gasteiger partial charge in [-0.2, -0.15) is 0 Å². The highest BCUT2D eigenvalue weighted by atomic mass is 127. The Hall–Kier alpha value is -0.600. The number of nitrogens with one attached hydrogen (secondary N) is 1. The van der Waals surface area contributed by atoms with Gasteiger partial charge in [0.25, 0.3) is 0 Å². The maximum Gasteiger partial charge on any atom is 0.193 e. The van der Waals surface area contributed by atoms with Gasteiger partial charge < -0.3 is 11.1 Å². The topological polar surface area (TPSA) is 50.4 Å². The van der Waals surface area contributed by atoms with Gasteiger partial charge in [0.2, 0.25) is 0 Å². The maximum atomic E-state index is 5.85. The van der Waals surface area contributed by atoms with E-state index in [1.165, 1.54) is 10.4 Å². The second-order valence-electron chi connectivity index (χ2n) is 4.21. The number of hydrogen-bond acceptors (Lipinski definition) is 2. The zero-order chi connectivity index (χ0) is 13.7. The third kappa shape index (κ3) is 5.80. The van der Waals surface area contributed by atoms with E-state index in [2.05, 4.69) is 45.3 Å². The van der Waals surface area contributed by atoms with Crippen LogP contribution in [0.25, 0.3) is 0 Å². The first kappa shape index (κ1) is 17.5. The Morgan fingerprint density at radius 3 is 2.55 bits per heavy atom. The summed E-state index contributed by atoms with van der Waals surface area (Å²) in [7, 11) is 0. The zero-order valence-corrected chi connectivity index (χ0v) is 15.8. The van der Waals surface area contributed by atoms with Crippen molar-refractivity contribution in [3.05, 3.63) is 50.6 Å². The number of guanidine groups is 1. The molecule has 0 fully saturated rings. The van der Waals surface area contributed by atoms with E-state index in [1.807, 2.05) is 24.3 Å². The van der Waals surface area contributed by atoms with Gasteiger partial charge in [-0.05, 0) is 47.1 Å². The number of aliphatic imine (C=N–C) groups is 1. The highest BCUT2D eigenvalue weighted by Gasteiger charge is 1.98. The Morgan fingerprint density at radius 2 is 1.95 bits per heavy atom. The molecule has 1 aromatic heterocycles. The molecule has 0 radical (unpaired) electrons. The van der Waals surface area contributed by atoms with Crippen LogP contribution in [0.2, 0.25) is 0 Å². The lowest BCUT2D eigenvalue weighted by Gasteiger charge is -2.05. The quantitative estimate of drug-likeness (QED) is 0.399. The highest BCUT2D eigenvalue weighted by Crippen LogP contribution is 2.22. The molecule has 108 valence electrons. The molecule has 0 bridgehead atoms. The van der Waals surface area contributed by atoms with Gasteiger partial charge in [-0.1, -0.05) is 17.7 Å². The minimum absolute atomic E-state index is 0. The molecule has 0 unspecified atom stereocenters. The summed E-state index contributed by atoms with van der Waals surface area (Å²) in [6.45, 7) is 2.75. The van der Waals surface area contributed by atoms with Crippen LogP contribution in [-0.4, -0.2) is 12.5 Å². The molecule has 0 saturated heterocycles. The maximum absolute atomic E-state index is 5.85. The van der Waals surface area contributed by atoms with Crippen molar-refractivity contribution in [3.63, 3.8) is 0 Å². The molecule has 2 aromatic rings. The van der Waals surface area contributed by atoms with Crippen molar-refractivity contribution in [2.24, 2.45) is 10.7 Å². The number of hydrogen-bond donors (Lipinski definition) is 2. The lowest BCUT2D eigenvalue weighted by Crippen LogP contribution is -2.23. The number of nitrogens with zero attached hydrogens (tertiary/aromatic N) is 1. The number of benzene rings is 1. The second-order valence-corrected chi connectivity index (χ2v) is 6.76. The average molecular weight is 466 g/mol. The van der Waals surface area contributed by atoms with E-state index in [9.17, 15) is 0 Å². The predicted octanol–water partition coefficient (Wildman–Crippen LogP) is 4.41. The van der Waals surface area contributed by atoms with E-state index in [0.717, 1.165) is 15.9 Å². The molecule has 0 saturated carbocycles. The first-order chi connectivity index (χ1) is 9.13. The predicted molar refractivity (Wildman–Crippen MR) is 102 cm³/mol. The number of halogens is 2. The normalized spacial score (nSPS) is 11.0. The SMILES string of the molecule is Cc1ccc(NC(N)=NCCc2ccc(Br)s2)cc1.I. The third-order valence-electron chi connectivity index (χ3n) is 2.59. The van der Waals surface area contributed by atoms with E-state index >= 15 is 0 Å². The zero-order valence-electron chi connectivity index (χ0n) is 11.1. The Bertz CT molecular complexity index is 566. The Labute approximate surface area is 148 Å². The minimum atomic E-state index is 0. The van der Waals surface area contributed by atoms with Crippen molar-refractivity contribution in [1.29, 1.82) is 0 Å². The fourth-order valence-electron chi connectivity index (χ4n) is 1.60. The summed E-state index contributed by atoms with van der Waals surface area (Å²) in [5, 5.41) is 3.08. The molecule has 20 heavy (non-hydrogen) atoms. The molecule has 0 aliphatic carbocycles. The van der Waals surface area contributed by atoms with E-state index in [4.69, 9.17) is 5.73 Å². The van der Waals surface area contributed by atoms with E-state index in [0.29, 0.717) is 12.5 Å². The molecule has 1 aromatic carbocycles. The lowest BCUT2D eigenvalue weighted by molar-refractivity contribution is 0.983. The van der Waals surface area contributed by atoms with Crippen LogP contribution in [-0.2, 0) is 6.42 Å². The Balaban J connectivity index is 0.00000200. The number of thiophene rings is 1. The molecule has 0 amide bonds. The largest absolute Gasteiger partial charge is 0.370 e. The number of rotatable bonds is 4. The van der Waals surface area contributed by atoms with Crippen LogP contribution in [0.1, 0.15) is 10.4 Å². The van der Waals surface area contributed by atoms with Gasteiger partial charge in [0.1, 0.15) is 0 Å². The van der Waals surface area contributed by atoms with E-state index in [-0.39, 0.29) is 24.0 Å². The number of aryl methyl sites for hydroxylation is 1. The van der Waals surface area contributed by atoms with Crippen LogP contribution in [0.5, 0.6) is 0 Å². The summed E-state index contributed by atoms with van der Waals surface area (Å²) < 4.78 is 1.15. The standard InChI is InChI=1S/C14H16BrN3S.HI/c1-10-2-4-11(5-3-10)18-14(16)17-9-8-12-6-7-13(15)19-12;/h2-7H,8-9H2,1H3,(H3,16,17,18);1H. The molecule has 2 rings (SSSR count). The molecule has 3 N–H and O–H groups in total. The molecule has 3 nitrogen and oxygen atoms in total. The molecule has 1 heterocycles. The van der Waals surface area contributed by atoms with Gasteiger partial charge in [-0.3, -0.25) is 4.99 Å². The van der Waals surface area contributed by atoms with Crippen molar-refractivity contribution < 1.29 is 0 Å². The molecular formula is C14H17BrIN3S. The summed E-state index contributed by atoms with van der Waals surface area (Å²) >= 11 is 5.18.